The Kier molecular flexibility index (Phi) is 5.58. The highest BCUT2D eigenvalue weighted by atomic mass is 16.6. The minimum Gasteiger partial charge on any atom is -0.497 e. The van der Waals surface area contributed by atoms with Gasteiger partial charge in [0.15, 0.2) is 23.2 Å². The summed E-state index contributed by atoms with van der Waals surface area (Å²) in [5, 5.41) is 32.8. The Labute approximate surface area is 166 Å². The van der Waals surface area contributed by atoms with Crippen LogP contribution in [0.3, 0.4) is 0 Å². The Hall–Kier alpha value is -2.79. The van der Waals surface area contributed by atoms with Crippen LogP contribution >= 0.6 is 0 Å². The van der Waals surface area contributed by atoms with Crippen molar-refractivity contribution >= 4 is 17.0 Å². The number of rotatable bonds is 7. The fourth-order valence-corrected chi connectivity index (χ4v) is 3.39. The number of aliphatic hydroxyl groups excluding tert-OH is 3. The van der Waals surface area contributed by atoms with Crippen LogP contribution in [-0.2, 0) is 11.2 Å². The molecule has 0 bridgehead atoms. The Morgan fingerprint density at radius 3 is 2.62 bits per heavy atom. The Morgan fingerprint density at radius 2 is 1.93 bits per heavy atom. The molecule has 1 aliphatic rings. The molecule has 4 N–H and O–H groups in total. The Balaban J connectivity index is 1.49. The molecule has 1 aromatic carbocycles. The first-order chi connectivity index (χ1) is 14.1. The third kappa shape index (κ3) is 3.75. The largest absolute Gasteiger partial charge is 0.497 e. The van der Waals surface area contributed by atoms with Crippen molar-refractivity contribution in [2.45, 2.75) is 31.0 Å². The van der Waals surface area contributed by atoms with Gasteiger partial charge in [-0.05, 0) is 24.1 Å². The van der Waals surface area contributed by atoms with Gasteiger partial charge in [0, 0.05) is 6.54 Å². The lowest BCUT2D eigenvalue weighted by atomic mass is 10.1. The summed E-state index contributed by atoms with van der Waals surface area (Å²) in [5.74, 6) is 1.38. The van der Waals surface area contributed by atoms with Gasteiger partial charge in [0.2, 0.25) is 0 Å². The van der Waals surface area contributed by atoms with E-state index in [0.29, 0.717) is 23.5 Å². The maximum Gasteiger partial charge on any atom is 0.167 e. The normalized spacial score (nSPS) is 24.1. The van der Waals surface area contributed by atoms with E-state index >= 15 is 0 Å². The molecular weight excluding hydrogens is 378 g/mol. The number of anilines is 1. The molecule has 0 saturated carbocycles. The molecule has 1 saturated heterocycles. The predicted molar refractivity (Wildman–Crippen MR) is 104 cm³/mol. The summed E-state index contributed by atoms with van der Waals surface area (Å²) in [7, 11) is 1.64. The van der Waals surface area contributed by atoms with Crippen LogP contribution in [0.25, 0.3) is 11.2 Å². The summed E-state index contributed by atoms with van der Waals surface area (Å²) < 4.78 is 12.3. The highest BCUT2D eigenvalue weighted by Gasteiger charge is 2.44. The summed E-state index contributed by atoms with van der Waals surface area (Å²) in [6.07, 6.45) is -0.486. The number of ether oxygens (including phenoxy) is 2. The zero-order valence-electron chi connectivity index (χ0n) is 15.8. The number of benzene rings is 1. The van der Waals surface area contributed by atoms with E-state index in [1.165, 1.54) is 17.2 Å². The molecule has 10 nitrogen and oxygen atoms in total. The van der Waals surface area contributed by atoms with Crippen molar-refractivity contribution in [2.24, 2.45) is 0 Å². The zero-order valence-corrected chi connectivity index (χ0v) is 15.8. The van der Waals surface area contributed by atoms with Crippen molar-refractivity contribution in [3.05, 3.63) is 42.5 Å². The fraction of sp³-hybridized carbons (Fsp3) is 0.421. The quantitative estimate of drug-likeness (QED) is 0.435. The first kappa shape index (κ1) is 19.5. The maximum absolute atomic E-state index is 10.3. The summed E-state index contributed by atoms with van der Waals surface area (Å²) in [6.45, 7) is 0.244. The maximum atomic E-state index is 10.3. The van der Waals surface area contributed by atoms with Gasteiger partial charge in [0.05, 0.1) is 20.0 Å². The number of nitrogens with zero attached hydrogens (tertiary/aromatic N) is 4. The first-order valence-electron chi connectivity index (χ1n) is 9.29. The van der Waals surface area contributed by atoms with Crippen molar-refractivity contribution < 1.29 is 24.8 Å². The van der Waals surface area contributed by atoms with Crippen molar-refractivity contribution in [3.8, 4) is 5.75 Å². The minimum atomic E-state index is -1.20. The monoisotopic (exact) mass is 401 g/mol. The second kappa shape index (κ2) is 8.29. The van der Waals surface area contributed by atoms with Crippen molar-refractivity contribution in [1.29, 1.82) is 0 Å². The van der Waals surface area contributed by atoms with Gasteiger partial charge in [0.1, 0.15) is 30.4 Å². The number of fused-ring (bicyclic) bond motifs is 1. The van der Waals surface area contributed by atoms with E-state index in [1.807, 2.05) is 24.3 Å². The molecule has 4 rings (SSSR count). The van der Waals surface area contributed by atoms with E-state index in [-0.39, 0.29) is 0 Å². The molecule has 2 aromatic heterocycles. The van der Waals surface area contributed by atoms with Gasteiger partial charge in [-0.2, -0.15) is 0 Å². The van der Waals surface area contributed by atoms with Crippen molar-refractivity contribution in [3.63, 3.8) is 0 Å². The van der Waals surface area contributed by atoms with Crippen molar-refractivity contribution in [1.82, 2.24) is 19.5 Å². The van der Waals surface area contributed by atoms with Crippen LogP contribution in [0.5, 0.6) is 5.75 Å². The van der Waals surface area contributed by atoms with Crippen LogP contribution in [-0.4, -0.2) is 73.4 Å². The van der Waals surface area contributed by atoms with Gasteiger partial charge < -0.3 is 30.1 Å². The molecule has 0 aliphatic carbocycles. The van der Waals surface area contributed by atoms with E-state index in [0.717, 1.165) is 17.7 Å². The molecule has 154 valence electrons. The zero-order chi connectivity index (χ0) is 20.4. The Morgan fingerprint density at radius 1 is 1.14 bits per heavy atom. The predicted octanol–water partition coefficient (Wildman–Crippen LogP) is 0.101. The Bertz CT molecular complexity index is 963. The number of methoxy groups -OCH3 is 1. The smallest absolute Gasteiger partial charge is 0.167 e. The van der Waals surface area contributed by atoms with Gasteiger partial charge in [0.25, 0.3) is 0 Å². The van der Waals surface area contributed by atoms with E-state index in [4.69, 9.17) is 9.47 Å². The van der Waals surface area contributed by atoms with E-state index < -0.39 is 31.1 Å². The number of aliphatic hydroxyl groups is 3. The van der Waals surface area contributed by atoms with Crippen LogP contribution in [0.4, 0.5) is 5.82 Å². The number of imidazole rings is 1. The minimum absolute atomic E-state index is 0.394. The first-order valence-corrected chi connectivity index (χ1v) is 9.29. The highest BCUT2D eigenvalue weighted by molar-refractivity contribution is 5.82. The number of hydrogen-bond donors (Lipinski definition) is 4. The van der Waals surface area contributed by atoms with Crippen LogP contribution in [0.2, 0.25) is 0 Å². The lowest BCUT2D eigenvalue weighted by molar-refractivity contribution is -0.0511. The molecule has 1 fully saturated rings. The van der Waals surface area contributed by atoms with Crippen LogP contribution < -0.4 is 10.1 Å². The molecule has 0 amide bonds. The van der Waals surface area contributed by atoms with Gasteiger partial charge in [-0.1, -0.05) is 12.1 Å². The molecule has 4 unspecified atom stereocenters. The van der Waals surface area contributed by atoms with E-state index in [9.17, 15) is 15.3 Å². The second-order valence-corrected chi connectivity index (χ2v) is 6.80. The summed E-state index contributed by atoms with van der Waals surface area (Å²) in [5.41, 5.74) is 2.14. The summed E-state index contributed by atoms with van der Waals surface area (Å²) in [4.78, 5) is 12.8. The lowest BCUT2D eigenvalue weighted by Gasteiger charge is -2.16. The van der Waals surface area contributed by atoms with Gasteiger partial charge >= 0.3 is 0 Å². The van der Waals surface area contributed by atoms with Crippen molar-refractivity contribution in [2.75, 3.05) is 25.6 Å². The molecule has 0 radical (unpaired) electrons. The van der Waals surface area contributed by atoms with Crippen LogP contribution in [0, 0.1) is 0 Å². The van der Waals surface area contributed by atoms with E-state index in [2.05, 4.69) is 20.3 Å². The number of hydrogen-bond acceptors (Lipinski definition) is 9. The number of nitrogens with one attached hydrogen (secondary N) is 1. The molecule has 4 atom stereocenters. The fourth-order valence-electron chi connectivity index (χ4n) is 3.39. The number of aromatic nitrogens is 4. The van der Waals surface area contributed by atoms with Crippen LogP contribution in [0.15, 0.2) is 36.9 Å². The van der Waals surface area contributed by atoms with Gasteiger partial charge in [-0.3, -0.25) is 4.57 Å². The molecule has 0 spiro atoms. The molecule has 1 aliphatic heterocycles. The third-order valence-corrected chi connectivity index (χ3v) is 5.02. The molecule has 3 heterocycles. The summed E-state index contributed by atoms with van der Waals surface area (Å²) >= 11 is 0. The third-order valence-electron chi connectivity index (χ3n) is 5.02. The van der Waals surface area contributed by atoms with Gasteiger partial charge in [-0.15, -0.1) is 0 Å². The second-order valence-electron chi connectivity index (χ2n) is 6.80. The molecular formula is C19H23N5O5. The van der Waals surface area contributed by atoms with Crippen LogP contribution in [0.1, 0.15) is 11.8 Å². The van der Waals surface area contributed by atoms with Gasteiger partial charge in [-0.25, -0.2) is 15.0 Å². The highest BCUT2D eigenvalue weighted by Crippen LogP contribution is 2.32. The van der Waals surface area contributed by atoms with E-state index in [1.54, 1.807) is 7.11 Å². The molecule has 10 heteroatoms. The topological polar surface area (TPSA) is 135 Å². The molecule has 3 aromatic rings. The average molecular weight is 401 g/mol. The lowest BCUT2D eigenvalue weighted by Crippen LogP contribution is -2.33. The molecule has 29 heavy (non-hydrogen) atoms. The standard InChI is InChI=1S/C19H23N5O5/c1-28-12-4-2-11(3-5-12)6-7-20-17-14-18(22-9-21-17)24(10-23-14)19-16(27)15(26)13(8-25)29-19/h2-5,9-10,13,15-16,19,25-27H,6-8H2,1H3,(H,20,21,22). The SMILES string of the molecule is COc1ccc(CCNc2ncnc3c2ncn3C2OC(CO)C(O)C2O)cc1. The average Bonchev–Trinajstić information content (AvgIpc) is 3.30. The summed E-state index contributed by atoms with van der Waals surface area (Å²) in [6, 6.07) is 7.85.